The first-order valence-corrected chi connectivity index (χ1v) is 5.94. The summed E-state index contributed by atoms with van der Waals surface area (Å²) in [6, 6.07) is 10.7. The van der Waals surface area contributed by atoms with Crippen molar-refractivity contribution in [3.05, 3.63) is 48.0 Å². The van der Waals surface area contributed by atoms with Crippen molar-refractivity contribution in [2.75, 3.05) is 7.11 Å². The van der Waals surface area contributed by atoms with Crippen LogP contribution in [0.15, 0.2) is 42.5 Å². The first kappa shape index (κ1) is 11.6. The highest BCUT2D eigenvalue weighted by molar-refractivity contribution is 6.69. The molecule has 2 aromatic rings. The highest BCUT2D eigenvalue weighted by Gasteiger charge is 2.12. The Bertz CT molecular complexity index is 680. The van der Waals surface area contributed by atoms with Crippen LogP contribution in [-0.2, 0) is 4.79 Å². The summed E-state index contributed by atoms with van der Waals surface area (Å²) in [5.41, 5.74) is 0.501. The van der Waals surface area contributed by atoms with Crippen molar-refractivity contribution in [3.8, 4) is 5.75 Å². The minimum Gasteiger partial charge on any atom is -0.496 e. The molecule has 0 saturated heterocycles. The molecule has 0 fully saturated rings. The molecule has 92 valence electrons. The van der Waals surface area contributed by atoms with E-state index >= 15 is 0 Å². The molecule has 18 heavy (non-hydrogen) atoms. The molecule has 2 nitrogen and oxygen atoms in total. The minimum atomic E-state index is -0.903. The number of halogens is 2. The smallest absolute Gasteiger partial charge is 0.246 e. The van der Waals surface area contributed by atoms with E-state index in [0.717, 1.165) is 10.8 Å². The predicted molar refractivity (Wildman–Crippen MR) is 75.2 cm³/mol. The molecule has 4 heteroatoms. The van der Waals surface area contributed by atoms with Gasteiger partial charge in [-0.05, 0) is 28.4 Å². The third kappa shape index (κ3) is 2.50. The lowest BCUT2D eigenvalue weighted by Crippen LogP contribution is -1.92. The van der Waals surface area contributed by atoms with Crippen LogP contribution in [0.2, 0.25) is 0 Å². The van der Waals surface area contributed by atoms with Crippen LogP contribution in [0.5, 0.6) is 5.75 Å². The standard InChI is InChI=1S/C14H10Cl2O2/c1-18-12-7-6-9-4-2-3-5-10(9)14(12)11(15)8-13(16)17/h2-8H,1H3/b11-8+/i8D. The van der Waals surface area contributed by atoms with Gasteiger partial charge in [-0.25, -0.2) is 0 Å². The van der Waals surface area contributed by atoms with Crippen molar-refractivity contribution in [1.29, 1.82) is 0 Å². The molecular formula is C14H10Cl2O2. The van der Waals surface area contributed by atoms with Crippen LogP contribution in [0, 0.1) is 0 Å². The van der Waals surface area contributed by atoms with E-state index in [-0.39, 0.29) is 5.03 Å². The molecule has 0 aliphatic rings. The highest BCUT2D eigenvalue weighted by Crippen LogP contribution is 2.35. The number of hydrogen-bond acceptors (Lipinski definition) is 2. The predicted octanol–water partition coefficient (Wildman–Crippen LogP) is 4.19. The lowest BCUT2D eigenvalue weighted by molar-refractivity contribution is -0.107. The van der Waals surface area contributed by atoms with Crippen molar-refractivity contribution >= 4 is 44.2 Å². The van der Waals surface area contributed by atoms with E-state index < -0.39 is 11.3 Å². The maximum absolute atomic E-state index is 11.1. The normalized spacial score (nSPS) is 12.9. The molecule has 0 N–H and O–H groups in total. The van der Waals surface area contributed by atoms with Crippen LogP contribution in [0.4, 0.5) is 0 Å². The number of hydrogen-bond donors (Lipinski definition) is 0. The van der Waals surface area contributed by atoms with Crippen LogP contribution < -0.4 is 4.74 Å². The Morgan fingerprint density at radius 2 is 2.00 bits per heavy atom. The van der Waals surface area contributed by atoms with Gasteiger partial charge in [-0.3, -0.25) is 4.79 Å². The Morgan fingerprint density at radius 3 is 2.67 bits per heavy atom. The molecule has 0 bridgehead atoms. The Balaban J connectivity index is 2.83. The number of rotatable bonds is 3. The van der Waals surface area contributed by atoms with Crippen molar-refractivity contribution in [2.45, 2.75) is 0 Å². The number of ether oxygens (including phenoxy) is 1. The fourth-order valence-corrected chi connectivity index (χ4v) is 2.22. The Labute approximate surface area is 116 Å². The summed E-state index contributed by atoms with van der Waals surface area (Å²) in [6.07, 6.45) is 0. The van der Waals surface area contributed by atoms with Gasteiger partial charge in [0.15, 0.2) is 0 Å². The van der Waals surface area contributed by atoms with E-state index in [9.17, 15) is 4.79 Å². The van der Waals surface area contributed by atoms with Gasteiger partial charge < -0.3 is 4.74 Å². The third-order valence-corrected chi connectivity index (χ3v) is 2.92. The summed E-state index contributed by atoms with van der Waals surface area (Å²) < 4.78 is 12.9. The van der Waals surface area contributed by atoms with Crippen LogP contribution in [0.3, 0.4) is 0 Å². The zero-order valence-corrected chi connectivity index (χ0v) is 11.0. The molecule has 0 unspecified atom stereocenters. The van der Waals surface area contributed by atoms with E-state index in [2.05, 4.69) is 0 Å². The SMILES string of the molecule is [2H]/C(C(=O)Cl)=C(\Cl)c1c(OC)ccc2ccccc12. The van der Waals surface area contributed by atoms with Crippen LogP contribution in [0.25, 0.3) is 15.8 Å². The van der Waals surface area contributed by atoms with E-state index in [1.165, 1.54) is 7.11 Å². The van der Waals surface area contributed by atoms with E-state index in [1.54, 1.807) is 6.07 Å². The van der Waals surface area contributed by atoms with Gasteiger partial charge in [0.05, 0.1) is 13.5 Å². The van der Waals surface area contributed by atoms with Gasteiger partial charge in [0.2, 0.25) is 5.24 Å². The second-order valence-electron chi connectivity index (χ2n) is 3.58. The van der Waals surface area contributed by atoms with E-state index in [1.807, 2.05) is 30.3 Å². The number of benzene rings is 2. The van der Waals surface area contributed by atoms with Crippen LogP contribution >= 0.6 is 23.2 Å². The quantitative estimate of drug-likeness (QED) is 0.623. The fourth-order valence-electron chi connectivity index (χ4n) is 1.80. The van der Waals surface area contributed by atoms with Crippen molar-refractivity contribution in [2.24, 2.45) is 0 Å². The molecular weight excluding hydrogens is 271 g/mol. The average molecular weight is 282 g/mol. The van der Waals surface area contributed by atoms with Gasteiger partial charge >= 0.3 is 0 Å². The zero-order valence-electron chi connectivity index (χ0n) is 10.5. The average Bonchev–Trinajstić information content (AvgIpc) is 2.44. The number of allylic oxidation sites excluding steroid dienone is 1. The number of methoxy groups -OCH3 is 1. The van der Waals surface area contributed by atoms with Crippen molar-refractivity contribution < 1.29 is 10.9 Å². The molecule has 0 atom stereocenters. The number of carbonyl (C=O) groups excluding carboxylic acids is 1. The summed E-state index contributed by atoms with van der Waals surface area (Å²) in [7, 11) is 1.50. The van der Waals surface area contributed by atoms with Gasteiger partial charge in [-0.1, -0.05) is 41.9 Å². The molecule has 2 aromatic carbocycles. The lowest BCUT2D eigenvalue weighted by Gasteiger charge is -2.11. The molecule has 0 aliphatic carbocycles. The van der Waals surface area contributed by atoms with E-state index in [4.69, 9.17) is 29.3 Å². The second-order valence-corrected chi connectivity index (χ2v) is 4.30. The molecule has 0 aromatic heterocycles. The van der Waals surface area contributed by atoms with Crippen LogP contribution in [-0.4, -0.2) is 12.4 Å². The molecule has 0 spiro atoms. The van der Waals surface area contributed by atoms with Gasteiger partial charge in [-0.15, -0.1) is 0 Å². The van der Waals surface area contributed by atoms with Gasteiger partial charge in [0.1, 0.15) is 5.75 Å². The number of carbonyl (C=O) groups is 1. The third-order valence-electron chi connectivity index (χ3n) is 2.54. The maximum Gasteiger partial charge on any atom is 0.246 e. The summed E-state index contributed by atoms with van der Waals surface area (Å²) in [5, 5.41) is 0.814. The molecule has 0 amide bonds. The minimum absolute atomic E-state index is 0.0198. The zero-order chi connectivity index (χ0) is 14.0. The Morgan fingerprint density at radius 1 is 1.28 bits per heavy atom. The fraction of sp³-hybridized carbons (Fsp3) is 0.0714. The largest absolute Gasteiger partial charge is 0.496 e. The molecule has 0 heterocycles. The summed E-state index contributed by atoms with van der Waals surface area (Å²) in [5.74, 6) is 0.492. The van der Waals surface area contributed by atoms with Gasteiger partial charge in [0, 0.05) is 11.6 Å². The van der Waals surface area contributed by atoms with Gasteiger partial charge in [0.25, 0.3) is 0 Å². The van der Waals surface area contributed by atoms with Gasteiger partial charge in [-0.2, -0.15) is 0 Å². The van der Waals surface area contributed by atoms with Crippen LogP contribution in [0.1, 0.15) is 6.93 Å². The summed E-state index contributed by atoms with van der Waals surface area (Å²) in [6.45, 7) is 0. The van der Waals surface area contributed by atoms with E-state index in [0.29, 0.717) is 11.3 Å². The Hall–Kier alpha value is -1.51. The van der Waals surface area contributed by atoms with Crippen molar-refractivity contribution in [3.63, 3.8) is 0 Å². The maximum atomic E-state index is 11.1. The topological polar surface area (TPSA) is 26.3 Å². The summed E-state index contributed by atoms with van der Waals surface area (Å²) >= 11 is 11.4. The Kier molecular flexibility index (Phi) is 3.49. The second kappa shape index (κ2) is 5.42. The molecule has 0 aliphatic heterocycles. The monoisotopic (exact) mass is 281 g/mol. The summed E-state index contributed by atoms with van der Waals surface area (Å²) in [4.78, 5) is 11.1. The first-order valence-electron chi connectivity index (χ1n) is 5.68. The van der Waals surface area contributed by atoms with Crippen molar-refractivity contribution in [1.82, 2.24) is 0 Å². The molecule has 0 radical (unpaired) electrons. The molecule has 0 saturated carbocycles. The first-order chi connectivity index (χ1) is 9.06. The molecule has 2 rings (SSSR count). The lowest BCUT2D eigenvalue weighted by atomic mass is 10.0. The highest BCUT2D eigenvalue weighted by atomic mass is 35.5. The number of fused-ring (bicyclic) bond motifs is 1.